The quantitative estimate of drug-likeness (QED) is 0.664. The van der Waals surface area contributed by atoms with Crippen LogP contribution in [0.5, 0.6) is 0 Å². The molecule has 2 aliphatic rings. The van der Waals surface area contributed by atoms with Crippen molar-refractivity contribution in [1.82, 2.24) is 8.61 Å². The average Bonchev–Trinajstić information content (AvgIpc) is 3.36. The number of halogens is 1. The Morgan fingerprint density at radius 3 is 1.91 bits per heavy atom. The van der Waals surface area contributed by atoms with Crippen LogP contribution < -0.4 is 5.32 Å². The minimum Gasteiger partial charge on any atom is -0.326 e. The molecule has 33 heavy (non-hydrogen) atoms. The van der Waals surface area contributed by atoms with Crippen molar-refractivity contribution in [2.45, 2.75) is 35.5 Å². The fraction of sp³-hybridized carbons (Fsp3) is 0.409. The molecule has 0 aromatic heterocycles. The van der Waals surface area contributed by atoms with Gasteiger partial charge in [-0.3, -0.25) is 4.79 Å². The largest absolute Gasteiger partial charge is 0.326 e. The Bertz CT molecular complexity index is 1210. The first kappa shape index (κ1) is 23.8. The summed E-state index contributed by atoms with van der Waals surface area (Å²) in [5, 5.41) is 2.76. The number of benzene rings is 2. The Morgan fingerprint density at radius 2 is 1.30 bits per heavy atom. The molecular weight excluding hydrogens is 469 g/mol. The molecule has 1 N–H and O–H groups in total. The molecule has 2 heterocycles. The van der Waals surface area contributed by atoms with Gasteiger partial charge in [-0.2, -0.15) is 8.61 Å². The third-order valence-corrected chi connectivity index (χ3v) is 9.82. The molecule has 11 heteroatoms. The summed E-state index contributed by atoms with van der Waals surface area (Å²) in [6.07, 6.45) is 2.75. The van der Waals surface area contributed by atoms with Gasteiger partial charge >= 0.3 is 0 Å². The first-order valence-electron chi connectivity index (χ1n) is 10.8. The maximum atomic E-state index is 13.2. The predicted molar refractivity (Wildman–Crippen MR) is 121 cm³/mol. The first-order valence-corrected chi connectivity index (χ1v) is 13.7. The van der Waals surface area contributed by atoms with Gasteiger partial charge in [-0.05, 0) is 74.2 Å². The molecule has 0 aliphatic carbocycles. The molecule has 2 aromatic carbocycles. The van der Waals surface area contributed by atoms with E-state index in [2.05, 4.69) is 5.32 Å². The van der Waals surface area contributed by atoms with Crippen molar-refractivity contribution in [3.05, 3.63) is 54.3 Å². The lowest BCUT2D eigenvalue weighted by molar-refractivity contribution is -0.120. The molecule has 1 atom stereocenters. The molecule has 178 valence electrons. The third-order valence-electron chi connectivity index (χ3n) is 6.03. The van der Waals surface area contributed by atoms with E-state index >= 15 is 0 Å². The molecule has 2 saturated heterocycles. The number of nitrogens with zero attached hydrogens (tertiary/aromatic N) is 2. The summed E-state index contributed by atoms with van der Waals surface area (Å²) in [6, 6.07) is 10.6. The summed E-state index contributed by atoms with van der Waals surface area (Å²) in [5.74, 6) is -1.41. The second kappa shape index (κ2) is 9.49. The van der Waals surface area contributed by atoms with Crippen molar-refractivity contribution < 1.29 is 26.0 Å². The summed E-state index contributed by atoms with van der Waals surface area (Å²) in [7, 11) is -7.37. The number of amides is 1. The standard InChI is InChI=1S/C22H26FN3O5S2/c23-18-5-9-20(10-6-18)33(30,31)26-15-3-4-17(16-26)22(27)24-19-7-11-21(12-8-19)32(28,29)25-13-1-2-14-25/h5-12,17H,1-4,13-16H2,(H,24,27). The van der Waals surface area contributed by atoms with Gasteiger partial charge in [-0.15, -0.1) is 0 Å². The SMILES string of the molecule is O=C(Nc1ccc(S(=O)(=O)N2CCCC2)cc1)C1CCCN(S(=O)(=O)c2ccc(F)cc2)C1. The van der Waals surface area contributed by atoms with Crippen LogP contribution in [0.1, 0.15) is 25.7 Å². The third kappa shape index (κ3) is 5.11. The molecule has 8 nitrogen and oxygen atoms in total. The van der Waals surface area contributed by atoms with Crippen LogP contribution >= 0.6 is 0 Å². The van der Waals surface area contributed by atoms with Crippen molar-refractivity contribution in [2.24, 2.45) is 5.92 Å². The van der Waals surface area contributed by atoms with Crippen molar-refractivity contribution in [3.8, 4) is 0 Å². The van der Waals surface area contributed by atoms with Crippen molar-refractivity contribution in [1.29, 1.82) is 0 Å². The van der Waals surface area contributed by atoms with Crippen molar-refractivity contribution in [2.75, 3.05) is 31.5 Å². The van der Waals surface area contributed by atoms with Crippen LogP contribution in [-0.2, 0) is 24.8 Å². The van der Waals surface area contributed by atoms with E-state index in [1.807, 2.05) is 0 Å². The van der Waals surface area contributed by atoms with E-state index in [9.17, 15) is 26.0 Å². The summed E-state index contributed by atoms with van der Waals surface area (Å²) in [6.45, 7) is 1.33. The molecule has 0 bridgehead atoms. The Morgan fingerprint density at radius 1 is 0.788 bits per heavy atom. The Labute approximate surface area is 193 Å². The fourth-order valence-electron chi connectivity index (χ4n) is 4.16. The van der Waals surface area contributed by atoms with Crippen LogP contribution in [0.3, 0.4) is 0 Å². The first-order chi connectivity index (χ1) is 15.7. The number of nitrogens with one attached hydrogen (secondary N) is 1. The number of carbonyl (C=O) groups is 1. The van der Waals surface area contributed by atoms with E-state index in [4.69, 9.17) is 0 Å². The zero-order valence-electron chi connectivity index (χ0n) is 18.0. The summed E-state index contributed by atoms with van der Waals surface area (Å²) < 4.78 is 66.9. The molecule has 1 amide bonds. The maximum absolute atomic E-state index is 13.2. The fourth-order valence-corrected chi connectivity index (χ4v) is 7.20. The smallest absolute Gasteiger partial charge is 0.243 e. The Hall–Kier alpha value is -2.34. The highest BCUT2D eigenvalue weighted by molar-refractivity contribution is 7.89. The molecule has 2 aromatic rings. The maximum Gasteiger partial charge on any atom is 0.243 e. The highest BCUT2D eigenvalue weighted by Crippen LogP contribution is 2.26. The average molecular weight is 496 g/mol. The van der Waals surface area contributed by atoms with Gasteiger partial charge in [-0.1, -0.05) is 0 Å². The molecular formula is C22H26FN3O5S2. The molecule has 1 unspecified atom stereocenters. The van der Waals surface area contributed by atoms with E-state index in [0.717, 1.165) is 25.0 Å². The Balaban J connectivity index is 1.41. The molecule has 4 rings (SSSR count). The highest BCUT2D eigenvalue weighted by atomic mass is 32.2. The van der Waals surface area contributed by atoms with Crippen molar-refractivity contribution in [3.63, 3.8) is 0 Å². The van der Waals surface area contributed by atoms with E-state index in [-0.39, 0.29) is 28.8 Å². The van der Waals surface area contributed by atoms with Crippen LogP contribution in [0.15, 0.2) is 58.3 Å². The number of hydrogen-bond donors (Lipinski definition) is 1. The summed E-state index contributed by atoms with van der Waals surface area (Å²) in [5.41, 5.74) is 0.443. The van der Waals surface area contributed by atoms with Gasteiger partial charge in [0, 0.05) is 31.9 Å². The lowest BCUT2D eigenvalue weighted by atomic mass is 9.99. The number of hydrogen-bond acceptors (Lipinski definition) is 5. The lowest BCUT2D eigenvalue weighted by Crippen LogP contribution is -2.43. The van der Waals surface area contributed by atoms with E-state index < -0.39 is 31.8 Å². The zero-order chi connectivity index (χ0) is 23.6. The molecule has 0 radical (unpaired) electrons. The van der Waals surface area contributed by atoms with Gasteiger partial charge in [0.1, 0.15) is 5.82 Å². The van der Waals surface area contributed by atoms with Gasteiger partial charge in [0.15, 0.2) is 0 Å². The molecule has 2 aliphatic heterocycles. The van der Waals surface area contributed by atoms with E-state index in [1.165, 1.54) is 45.0 Å². The second-order valence-corrected chi connectivity index (χ2v) is 12.2. The van der Waals surface area contributed by atoms with Gasteiger partial charge in [0.2, 0.25) is 26.0 Å². The van der Waals surface area contributed by atoms with Crippen LogP contribution in [0, 0.1) is 11.7 Å². The summed E-state index contributed by atoms with van der Waals surface area (Å²) >= 11 is 0. The van der Waals surface area contributed by atoms with Crippen LogP contribution in [-0.4, -0.2) is 57.5 Å². The number of piperidine rings is 1. The van der Waals surface area contributed by atoms with Crippen LogP contribution in [0.4, 0.5) is 10.1 Å². The van der Waals surface area contributed by atoms with E-state index in [0.29, 0.717) is 31.6 Å². The number of anilines is 1. The normalized spacial score (nSPS) is 20.6. The highest BCUT2D eigenvalue weighted by Gasteiger charge is 2.33. The van der Waals surface area contributed by atoms with Gasteiger partial charge in [0.25, 0.3) is 0 Å². The van der Waals surface area contributed by atoms with Gasteiger partial charge < -0.3 is 5.32 Å². The van der Waals surface area contributed by atoms with Crippen LogP contribution in [0.25, 0.3) is 0 Å². The molecule has 0 saturated carbocycles. The van der Waals surface area contributed by atoms with Gasteiger partial charge in [0.05, 0.1) is 15.7 Å². The number of rotatable bonds is 6. The van der Waals surface area contributed by atoms with E-state index in [1.54, 1.807) is 0 Å². The topological polar surface area (TPSA) is 104 Å². The van der Waals surface area contributed by atoms with Crippen LogP contribution in [0.2, 0.25) is 0 Å². The van der Waals surface area contributed by atoms with Gasteiger partial charge in [-0.25, -0.2) is 21.2 Å². The summed E-state index contributed by atoms with van der Waals surface area (Å²) in [4.78, 5) is 13.0. The minimum atomic E-state index is -3.83. The Kier molecular flexibility index (Phi) is 6.85. The predicted octanol–water partition coefficient (Wildman–Crippen LogP) is 2.65. The number of carbonyl (C=O) groups excluding carboxylic acids is 1. The zero-order valence-corrected chi connectivity index (χ0v) is 19.6. The minimum absolute atomic E-state index is 0.0141. The monoisotopic (exact) mass is 495 g/mol. The number of sulfonamides is 2. The van der Waals surface area contributed by atoms with Crippen molar-refractivity contribution >= 4 is 31.6 Å². The second-order valence-electron chi connectivity index (χ2n) is 8.28. The lowest BCUT2D eigenvalue weighted by Gasteiger charge is -2.31. The molecule has 0 spiro atoms. The molecule has 2 fully saturated rings.